The molecule has 0 spiro atoms. The van der Waals surface area contributed by atoms with Crippen LogP contribution in [0.3, 0.4) is 0 Å². The first kappa shape index (κ1) is 25.2. The fraction of sp³-hybridized carbons (Fsp3) is 0.0833. The van der Waals surface area contributed by atoms with Gasteiger partial charge in [-0.05, 0) is 24.3 Å². The smallest absolute Gasteiger partial charge is 0.302 e. The van der Waals surface area contributed by atoms with Gasteiger partial charge in [-0.2, -0.15) is 10.5 Å². The lowest BCUT2D eigenvalue weighted by molar-refractivity contribution is -0.142. The molecule has 0 saturated carbocycles. The molecular weight excluding hydrogens is 499 g/mol. The first-order valence-corrected chi connectivity index (χ1v) is 10.4. The molecule has 1 N–H and O–H groups in total. The Bertz CT molecular complexity index is 1540. The van der Waals surface area contributed by atoms with Gasteiger partial charge in [-0.3, -0.25) is 19.2 Å². The third kappa shape index (κ3) is 5.07. The van der Waals surface area contributed by atoms with Crippen LogP contribution >= 0.6 is 23.2 Å². The van der Waals surface area contributed by atoms with Gasteiger partial charge in [0.1, 0.15) is 57.0 Å². The minimum atomic E-state index is -0.893. The number of Topliss-reactive ketones (excluding diaryl/α,β-unsaturated/α-hetero) is 2. The molecule has 174 valence electrons. The zero-order valence-electron chi connectivity index (χ0n) is 17.7. The lowest BCUT2D eigenvalue weighted by atomic mass is 9.96. The Hall–Kier alpha value is -4.44. The molecule has 0 aromatic heterocycles. The quantitative estimate of drug-likeness (QED) is 0.306. The van der Waals surface area contributed by atoms with Gasteiger partial charge in [-0.1, -0.05) is 23.2 Å². The standard InChI is InChI=1S/C16H12O5.C8Cl2N2O2/c1-9(17)20-8-14-12-4-2-10(18)6-15(12)21-16-7-11(19)3-5-13(14)16;9-5-6(10)8(14)4(2-12)3(1-11)7(5)13/h2-7,18H,8H2,1H3;. The number of hydrogen-bond acceptors (Lipinski definition) is 9. The van der Waals surface area contributed by atoms with Crippen LogP contribution < -0.4 is 5.43 Å². The molecule has 3 aliphatic rings. The van der Waals surface area contributed by atoms with E-state index in [1.54, 1.807) is 12.1 Å². The highest BCUT2D eigenvalue weighted by Gasteiger charge is 2.33. The number of phenolic OH excluding ortho intramolecular Hbond substituents is 1. The summed E-state index contributed by atoms with van der Waals surface area (Å²) in [6, 6.07) is 12.0. The summed E-state index contributed by atoms with van der Waals surface area (Å²) >= 11 is 10.8. The van der Waals surface area contributed by atoms with Crippen molar-refractivity contribution in [3.63, 3.8) is 0 Å². The predicted molar refractivity (Wildman–Crippen MR) is 123 cm³/mol. The normalized spacial score (nSPS) is 13.3. The molecule has 0 saturated heterocycles. The zero-order valence-corrected chi connectivity index (χ0v) is 19.2. The molecular formula is C24H12Cl2N2O7. The predicted octanol–water partition coefficient (Wildman–Crippen LogP) is 3.84. The highest BCUT2D eigenvalue weighted by molar-refractivity contribution is 6.59. The zero-order chi connectivity index (χ0) is 25.9. The highest BCUT2D eigenvalue weighted by atomic mass is 35.5. The van der Waals surface area contributed by atoms with Gasteiger partial charge in [0.2, 0.25) is 11.6 Å². The molecule has 1 heterocycles. The second kappa shape index (κ2) is 10.2. The van der Waals surface area contributed by atoms with Crippen LogP contribution in [0.4, 0.5) is 0 Å². The average molecular weight is 511 g/mol. The molecule has 1 aromatic carbocycles. The molecule has 0 radical (unpaired) electrons. The minimum absolute atomic E-state index is 0.0577. The molecule has 1 aliphatic heterocycles. The van der Waals surface area contributed by atoms with Crippen LogP contribution in [-0.4, -0.2) is 22.6 Å². The van der Waals surface area contributed by atoms with Gasteiger partial charge in [-0.15, -0.1) is 0 Å². The number of carbonyl (C=O) groups excluding carboxylic acids is 3. The van der Waals surface area contributed by atoms with Gasteiger partial charge >= 0.3 is 5.97 Å². The van der Waals surface area contributed by atoms with E-state index in [2.05, 4.69) is 0 Å². The molecule has 1 aromatic rings. The van der Waals surface area contributed by atoms with Crippen LogP contribution in [0.15, 0.2) is 66.8 Å². The van der Waals surface area contributed by atoms with Crippen molar-refractivity contribution in [2.45, 2.75) is 13.5 Å². The number of halogens is 2. The first-order chi connectivity index (χ1) is 16.6. The fourth-order valence-electron chi connectivity index (χ4n) is 3.13. The number of phenols is 1. The fourth-order valence-corrected chi connectivity index (χ4v) is 3.49. The van der Waals surface area contributed by atoms with E-state index in [0.717, 1.165) is 10.9 Å². The molecule has 9 nitrogen and oxygen atoms in total. The number of aromatic hydroxyl groups is 1. The number of hydrogen-bond donors (Lipinski definition) is 1. The maximum atomic E-state index is 11.5. The number of rotatable bonds is 2. The van der Waals surface area contributed by atoms with Crippen molar-refractivity contribution in [3.05, 3.63) is 73.4 Å². The van der Waals surface area contributed by atoms with Gasteiger partial charge in [0.25, 0.3) is 0 Å². The molecule has 4 rings (SSSR count). The Kier molecular flexibility index (Phi) is 7.36. The van der Waals surface area contributed by atoms with E-state index in [9.17, 15) is 24.3 Å². The van der Waals surface area contributed by atoms with Crippen molar-refractivity contribution in [2.75, 3.05) is 0 Å². The number of ether oxygens (including phenoxy) is 1. The summed E-state index contributed by atoms with van der Waals surface area (Å²) in [5.74, 6) is -1.73. The second-order valence-corrected chi connectivity index (χ2v) is 7.72. The molecule has 2 aliphatic carbocycles. The summed E-state index contributed by atoms with van der Waals surface area (Å²) in [5.41, 5.74) is 0.564. The number of allylic oxidation sites excluding steroid dienone is 4. The molecule has 0 unspecified atom stereocenters. The molecule has 35 heavy (non-hydrogen) atoms. The third-order valence-electron chi connectivity index (χ3n) is 4.73. The number of benzene rings is 2. The lowest BCUT2D eigenvalue weighted by Crippen LogP contribution is -2.18. The Morgan fingerprint density at radius 1 is 1.00 bits per heavy atom. The Labute approximate surface area is 207 Å². The number of ketones is 2. The van der Waals surface area contributed by atoms with Crippen molar-refractivity contribution in [1.29, 1.82) is 10.5 Å². The summed E-state index contributed by atoms with van der Waals surface area (Å²) in [7, 11) is 0. The van der Waals surface area contributed by atoms with Gasteiger partial charge < -0.3 is 14.3 Å². The van der Waals surface area contributed by atoms with E-state index in [0.29, 0.717) is 16.9 Å². The summed E-state index contributed by atoms with van der Waals surface area (Å²) in [6.45, 7) is 1.40. The van der Waals surface area contributed by atoms with E-state index >= 15 is 0 Å². The highest BCUT2D eigenvalue weighted by Crippen LogP contribution is 2.34. The number of nitrogens with zero attached hydrogens (tertiary/aromatic N) is 2. The maximum Gasteiger partial charge on any atom is 0.302 e. The van der Waals surface area contributed by atoms with Crippen molar-refractivity contribution in [2.24, 2.45) is 0 Å². The Morgan fingerprint density at radius 2 is 1.60 bits per heavy atom. The van der Waals surface area contributed by atoms with Crippen LogP contribution in [0.1, 0.15) is 12.5 Å². The van der Waals surface area contributed by atoms with Crippen molar-refractivity contribution in [1.82, 2.24) is 0 Å². The molecule has 0 bridgehead atoms. The molecule has 0 atom stereocenters. The lowest BCUT2D eigenvalue weighted by Gasteiger charge is -2.14. The summed E-state index contributed by atoms with van der Waals surface area (Å²) < 4.78 is 10.7. The summed E-state index contributed by atoms with van der Waals surface area (Å²) in [6.07, 6.45) is 0. The van der Waals surface area contributed by atoms with E-state index in [-0.39, 0.29) is 17.8 Å². The van der Waals surface area contributed by atoms with Crippen LogP contribution in [0.5, 0.6) is 5.75 Å². The largest absolute Gasteiger partial charge is 0.508 e. The average Bonchev–Trinajstić information content (AvgIpc) is 2.82. The monoisotopic (exact) mass is 510 g/mol. The molecule has 0 fully saturated rings. The van der Waals surface area contributed by atoms with E-state index < -0.39 is 38.7 Å². The summed E-state index contributed by atoms with van der Waals surface area (Å²) in [4.78, 5) is 45.0. The van der Waals surface area contributed by atoms with Gasteiger partial charge in [0.05, 0.1) is 0 Å². The van der Waals surface area contributed by atoms with Crippen LogP contribution in [-0.2, 0) is 25.7 Å². The Morgan fingerprint density at radius 3 is 2.14 bits per heavy atom. The number of esters is 1. The first-order valence-electron chi connectivity index (χ1n) is 9.60. The number of carbonyl (C=O) groups is 3. The van der Waals surface area contributed by atoms with Gasteiger partial charge in [0, 0.05) is 35.6 Å². The molecule has 11 heteroatoms. The van der Waals surface area contributed by atoms with Crippen molar-refractivity contribution >= 4 is 51.7 Å². The van der Waals surface area contributed by atoms with Gasteiger partial charge in [0.15, 0.2) is 5.43 Å². The molecule has 0 amide bonds. The number of fused-ring (bicyclic) bond motifs is 2. The Balaban J connectivity index is 0.000000214. The minimum Gasteiger partial charge on any atom is -0.508 e. The van der Waals surface area contributed by atoms with E-state index in [1.807, 2.05) is 0 Å². The third-order valence-corrected chi connectivity index (χ3v) is 5.55. The van der Waals surface area contributed by atoms with Crippen LogP contribution in [0.2, 0.25) is 0 Å². The maximum absolute atomic E-state index is 11.5. The van der Waals surface area contributed by atoms with Gasteiger partial charge in [-0.25, -0.2) is 0 Å². The van der Waals surface area contributed by atoms with Crippen molar-refractivity contribution in [3.8, 4) is 29.2 Å². The SMILES string of the molecule is CC(=O)OCc1c2ccc(=O)cc-2oc2cc(O)ccc12.N#CC1=C(C#N)C(=O)C(Cl)=C(Cl)C1=O. The van der Waals surface area contributed by atoms with Crippen LogP contribution in [0.25, 0.3) is 22.3 Å². The summed E-state index contributed by atoms with van der Waals surface area (Å²) in [5, 5.41) is 26.3. The van der Waals surface area contributed by atoms with Crippen LogP contribution in [0, 0.1) is 22.7 Å². The van der Waals surface area contributed by atoms with E-state index in [1.165, 1.54) is 43.3 Å². The second-order valence-electron chi connectivity index (χ2n) is 6.96. The van der Waals surface area contributed by atoms with E-state index in [4.69, 9.17) is 42.9 Å². The van der Waals surface area contributed by atoms with Crippen molar-refractivity contribution < 1.29 is 28.6 Å². The topological polar surface area (TPSA) is 158 Å². The number of nitriles is 2.